The first-order valence-electron chi connectivity index (χ1n) is 10.0. The smallest absolute Gasteiger partial charge is 0.247 e. The lowest BCUT2D eigenvalue weighted by atomic mass is 10.0. The zero-order valence-corrected chi connectivity index (χ0v) is 16.3. The van der Waals surface area contributed by atoms with Gasteiger partial charge in [-0.15, -0.1) is 5.10 Å². The topological polar surface area (TPSA) is 93.0 Å². The van der Waals surface area contributed by atoms with Crippen LogP contribution in [-0.2, 0) is 16.0 Å². The van der Waals surface area contributed by atoms with E-state index in [4.69, 9.17) is 0 Å². The second-order valence-electron chi connectivity index (χ2n) is 7.27. The average molecular weight is 384 g/mol. The Hall–Kier alpha value is -2.77. The molecule has 8 nitrogen and oxygen atoms in total. The maximum atomic E-state index is 13.2. The molecule has 1 N–H and O–H groups in total. The zero-order chi connectivity index (χ0) is 19.8. The average Bonchev–Trinajstić information content (AvgIpc) is 3.26. The summed E-state index contributed by atoms with van der Waals surface area (Å²) in [7, 11) is 0. The zero-order valence-electron chi connectivity index (χ0n) is 16.3. The molecule has 0 saturated carbocycles. The maximum Gasteiger partial charge on any atom is 0.247 e. The molecule has 1 aliphatic rings. The Bertz CT molecular complexity index is 741. The van der Waals surface area contributed by atoms with E-state index in [9.17, 15) is 9.59 Å². The summed E-state index contributed by atoms with van der Waals surface area (Å²) in [4.78, 5) is 27.0. The maximum absolute atomic E-state index is 13.2. The number of nitrogens with zero attached hydrogens (tertiary/aromatic N) is 5. The highest BCUT2D eigenvalue weighted by Crippen LogP contribution is 2.20. The molecule has 1 aliphatic heterocycles. The molecule has 1 saturated heterocycles. The van der Waals surface area contributed by atoms with Gasteiger partial charge in [0.15, 0.2) is 0 Å². The van der Waals surface area contributed by atoms with E-state index in [1.54, 1.807) is 0 Å². The quantitative estimate of drug-likeness (QED) is 0.748. The predicted molar refractivity (Wildman–Crippen MR) is 104 cm³/mol. The normalized spacial score (nSPS) is 16.0. The minimum absolute atomic E-state index is 0.0203. The van der Waals surface area contributed by atoms with Gasteiger partial charge in [0.05, 0.1) is 0 Å². The van der Waals surface area contributed by atoms with Gasteiger partial charge < -0.3 is 10.2 Å². The fourth-order valence-electron chi connectivity index (χ4n) is 3.53. The number of rotatable bonds is 8. The summed E-state index contributed by atoms with van der Waals surface area (Å²) < 4.78 is 1.54. The number of benzene rings is 1. The second kappa shape index (κ2) is 9.96. The summed E-state index contributed by atoms with van der Waals surface area (Å²) >= 11 is 0. The number of piperidine rings is 1. The predicted octanol–water partition coefficient (Wildman–Crippen LogP) is 1.75. The minimum atomic E-state index is -0.465. The van der Waals surface area contributed by atoms with E-state index in [0.717, 1.165) is 31.2 Å². The monoisotopic (exact) mass is 384 g/mol. The Morgan fingerprint density at radius 3 is 2.61 bits per heavy atom. The summed E-state index contributed by atoms with van der Waals surface area (Å²) in [5.41, 5.74) is 1.06. The van der Waals surface area contributed by atoms with E-state index < -0.39 is 6.04 Å². The fraction of sp³-hybridized carbons (Fsp3) is 0.550. The molecule has 3 rings (SSSR count). The molecule has 150 valence electrons. The molecule has 2 aromatic rings. The Labute approximate surface area is 165 Å². The third-order valence-corrected chi connectivity index (χ3v) is 5.17. The van der Waals surface area contributed by atoms with Gasteiger partial charge in [-0.2, -0.15) is 0 Å². The Morgan fingerprint density at radius 1 is 1.21 bits per heavy atom. The van der Waals surface area contributed by atoms with Crippen molar-refractivity contribution in [3.8, 4) is 0 Å². The highest BCUT2D eigenvalue weighted by molar-refractivity contribution is 5.81. The summed E-state index contributed by atoms with van der Waals surface area (Å²) in [6.45, 7) is 3.34. The first-order valence-corrected chi connectivity index (χ1v) is 10.0. The van der Waals surface area contributed by atoms with Crippen LogP contribution < -0.4 is 5.32 Å². The minimum Gasteiger partial charge on any atom is -0.353 e. The number of likely N-dealkylation sites (tertiary alicyclic amines) is 1. The lowest BCUT2D eigenvalue weighted by Crippen LogP contribution is -2.48. The molecule has 0 aliphatic carbocycles. The number of carbonyl (C=O) groups is 2. The standard InChI is InChI=1S/C20H28N6O2/c1-2-3-9-19(27)22-17-10-12-25(13-11-17)20(28)18(26-15-21-23-24-26)14-16-7-5-4-6-8-16/h4-8,15,17-18H,2-3,9-14H2,1H3,(H,22,27). The number of unbranched alkanes of at least 4 members (excludes halogenated alkanes) is 1. The highest BCUT2D eigenvalue weighted by Gasteiger charge is 2.30. The van der Waals surface area contributed by atoms with E-state index in [1.807, 2.05) is 35.2 Å². The van der Waals surface area contributed by atoms with Crippen LogP contribution in [0.15, 0.2) is 36.7 Å². The van der Waals surface area contributed by atoms with Crippen LogP contribution in [0, 0.1) is 0 Å². The van der Waals surface area contributed by atoms with Crippen LogP contribution in [0.25, 0.3) is 0 Å². The van der Waals surface area contributed by atoms with Crippen LogP contribution in [0.5, 0.6) is 0 Å². The fourth-order valence-corrected chi connectivity index (χ4v) is 3.53. The van der Waals surface area contributed by atoms with Crippen LogP contribution in [0.4, 0.5) is 0 Å². The van der Waals surface area contributed by atoms with Gasteiger partial charge >= 0.3 is 0 Å². The van der Waals surface area contributed by atoms with Crippen LogP contribution in [0.3, 0.4) is 0 Å². The van der Waals surface area contributed by atoms with Crippen LogP contribution in [0.2, 0.25) is 0 Å². The largest absolute Gasteiger partial charge is 0.353 e. The third-order valence-electron chi connectivity index (χ3n) is 5.17. The SMILES string of the molecule is CCCCC(=O)NC1CCN(C(=O)C(Cc2ccccc2)n2cnnn2)CC1. The molecule has 1 atom stereocenters. The summed E-state index contributed by atoms with van der Waals surface area (Å²) in [6, 6.07) is 9.57. The number of carbonyl (C=O) groups excluding carboxylic acids is 2. The van der Waals surface area contributed by atoms with Crippen LogP contribution >= 0.6 is 0 Å². The van der Waals surface area contributed by atoms with Gasteiger partial charge in [-0.1, -0.05) is 43.7 Å². The lowest BCUT2D eigenvalue weighted by molar-refractivity contribution is -0.136. The summed E-state index contributed by atoms with van der Waals surface area (Å²) in [5, 5.41) is 14.4. The first kappa shape index (κ1) is 20.0. The van der Waals surface area contributed by atoms with E-state index in [1.165, 1.54) is 11.0 Å². The number of hydrogen-bond donors (Lipinski definition) is 1. The molecule has 0 spiro atoms. The van der Waals surface area contributed by atoms with E-state index in [2.05, 4.69) is 27.8 Å². The van der Waals surface area contributed by atoms with Gasteiger partial charge in [0.25, 0.3) is 0 Å². The molecular weight excluding hydrogens is 356 g/mol. The van der Waals surface area contributed by atoms with Crippen molar-refractivity contribution in [2.45, 2.75) is 57.5 Å². The van der Waals surface area contributed by atoms with Crippen molar-refractivity contribution in [2.24, 2.45) is 0 Å². The summed E-state index contributed by atoms with van der Waals surface area (Å²) in [5.74, 6) is 0.134. The molecule has 2 amide bonds. The van der Waals surface area contributed by atoms with E-state index >= 15 is 0 Å². The van der Waals surface area contributed by atoms with Gasteiger partial charge in [0.2, 0.25) is 11.8 Å². The van der Waals surface area contributed by atoms with Crippen molar-refractivity contribution in [3.63, 3.8) is 0 Å². The van der Waals surface area contributed by atoms with Gasteiger partial charge in [-0.3, -0.25) is 9.59 Å². The van der Waals surface area contributed by atoms with Crippen molar-refractivity contribution in [1.82, 2.24) is 30.4 Å². The molecule has 28 heavy (non-hydrogen) atoms. The Kier molecular flexibility index (Phi) is 7.11. The van der Waals surface area contributed by atoms with Crippen LogP contribution in [-0.4, -0.2) is 56.1 Å². The molecule has 0 bridgehead atoms. The molecule has 1 fully saturated rings. The lowest BCUT2D eigenvalue weighted by Gasteiger charge is -2.34. The molecule has 1 aromatic heterocycles. The molecular formula is C20H28N6O2. The van der Waals surface area contributed by atoms with Crippen molar-refractivity contribution >= 4 is 11.8 Å². The van der Waals surface area contributed by atoms with Gasteiger partial charge in [0, 0.05) is 32.0 Å². The van der Waals surface area contributed by atoms with Crippen molar-refractivity contribution in [3.05, 3.63) is 42.2 Å². The van der Waals surface area contributed by atoms with E-state index in [-0.39, 0.29) is 17.9 Å². The third kappa shape index (κ3) is 5.37. The number of aromatic nitrogens is 4. The number of hydrogen-bond acceptors (Lipinski definition) is 5. The van der Waals surface area contributed by atoms with Crippen molar-refractivity contribution in [2.75, 3.05) is 13.1 Å². The Balaban J connectivity index is 1.59. The molecule has 8 heteroatoms. The highest BCUT2D eigenvalue weighted by atomic mass is 16.2. The molecule has 2 heterocycles. The molecule has 1 aromatic carbocycles. The molecule has 0 radical (unpaired) electrons. The van der Waals surface area contributed by atoms with Gasteiger partial charge in [-0.05, 0) is 35.3 Å². The molecule has 1 unspecified atom stereocenters. The summed E-state index contributed by atoms with van der Waals surface area (Å²) in [6.07, 6.45) is 6.09. The number of nitrogens with one attached hydrogen (secondary N) is 1. The first-order chi connectivity index (χ1) is 13.7. The second-order valence-corrected chi connectivity index (χ2v) is 7.27. The van der Waals surface area contributed by atoms with Crippen LogP contribution in [0.1, 0.15) is 50.6 Å². The van der Waals surface area contributed by atoms with Gasteiger partial charge in [0.1, 0.15) is 12.4 Å². The Morgan fingerprint density at radius 2 is 1.96 bits per heavy atom. The van der Waals surface area contributed by atoms with E-state index in [0.29, 0.717) is 25.9 Å². The number of tetrazole rings is 1. The number of amides is 2. The van der Waals surface area contributed by atoms with Crippen molar-refractivity contribution < 1.29 is 9.59 Å². The van der Waals surface area contributed by atoms with Crippen molar-refractivity contribution in [1.29, 1.82) is 0 Å². The van der Waals surface area contributed by atoms with Gasteiger partial charge in [-0.25, -0.2) is 4.68 Å².